The summed E-state index contributed by atoms with van der Waals surface area (Å²) < 4.78 is 0. The molecule has 1 aliphatic rings. The van der Waals surface area contributed by atoms with E-state index >= 15 is 0 Å². The molecule has 110 valence electrons. The van der Waals surface area contributed by atoms with Gasteiger partial charge in [0.05, 0.1) is 12.5 Å². The van der Waals surface area contributed by atoms with Crippen LogP contribution >= 0.6 is 11.3 Å². The monoisotopic (exact) mass is 300 g/mol. The van der Waals surface area contributed by atoms with Crippen LogP contribution in [0.3, 0.4) is 0 Å². The average molecular weight is 300 g/mol. The van der Waals surface area contributed by atoms with Crippen LogP contribution in [0.2, 0.25) is 0 Å². The number of likely N-dealkylation sites (N-methyl/N-ethyl adjacent to an activating group) is 1. The first-order chi connectivity index (χ1) is 10.2. The molecule has 1 aromatic carbocycles. The highest BCUT2D eigenvalue weighted by molar-refractivity contribution is 7.07. The number of hydrogen-bond acceptors (Lipinski definition) is 3. The Morgan fingerprint density at radius 1 is 1.24 bits per heavy atom. The highest BCUT2D eigenvalue weighted by Gasteiger charge is 2.29. The van der Waals surface area contributed by atoms with Crippen molar-refractivity contribution in [1.29, 1.82) is 0 Å². The summed E-state index contributed by atoms with van der Waals surface area (Å²) in [6, 6.07) is 12.6. The molecule has 4 heteroatoms. The van der Waals surface area contributed by atoms with Gasteiger partial charge in [-0.2, -0.15) is 11.3 Å². The molecular weight excluding hydrogens is 280 g/mol. The number of hydrogen-bond donors (Lipinski definition) is 0. The average Bonchev–Trinajstić information content (AvgIpc) is 3.01. The van der Waals surface area contributed by atoms with Crippen LogP contribution in [0.5, 0.6) is 0 Å². The first-order valence-corrected chi connectivity index (χ1v) is 8.22. The minimum Gasteiger partial charge on any atom is -0.333 e. The van der Waals surface area contributed by atoms with E-state index in [4.69, 9.17) is 0 Å². The zero-order valence-corrected chi connectivity index (χ0v) is 13.1. The number of rotatable bonds is 3. The van der Waals surface area contributed by atoms with E-state index in [2.05, 4.69) is 29.5 Å². The Kier molecular flexibility index (Phi) is 4.36. The van der Waals surface area contributed by atoms with E-state index in [-0.39, 0.29) is 11.9 Å². The molecule has 0 N–H and O–H groups in total. The summed E-state index contributed by atoms with van der Waals surface area (Å²) in [5.74, 6) is 0.232. The van der Waals surface area contributed by atoms with Crippen LogP contribution in [0.1, 0.15) is 17.2 Å². The van der Waals surface area contributed by atoms with Gasteiger partial charge in [-0.3, -0.25) is 4.79 Å². The van der Waals surface area contributed by atoms with Crippen molar-refractivity contribution < 1.29 is 4.79 Å². The topological polar surface area (TPSA) is 23.6 Å². The van der Waals surface area contributed by atoms with Gasteiger partial charge in [-0.25, -0.2) is 0 Å². The lowest BCUT2D eigenvalue weighted by Crippen LogP contribution is -2.49. The van der Waals surface area contributed by atoms with Crippen molar-refractivity contribution in [2.24, 2.45) is 0 Å². The van der Waals surface area contributed by atoms with Gasteiger partial charge in [-0.1, -0.05) is 30.3 Å². The van der Waals surface area contributed by atoms with Crippen molar-refractivity contribution >= 4 is 17.2 Å². The Balaban J connectivity index is 1.79. The Bertz CT molecular complexity index is 582. The van der Waals surface area contributed by atoms with Crippen LogP contribution < -0.4 is 0 Å². The maximum Gasteiger partial charge on any atom is 0.227 e. The molecule has 1 saturated heterocycles. The number of nitrogens with zero attached hydrogens (tertiary/aromatic N) is 2. The van der Waals surface area contributed by atoms with Crippen molar-refractivity contribution in [3.8, 4) is 0 Å². The van der Waals surface area contributed by atoms with Gasteiger partial charge >= 0.3 is 0 Å². The van der Waals surface area contributed by atoms with Crippen LogP contribution in [0.15, 0.2) is 47.2 Å². The molecule has 3 nitrogen and oxygen atoms in total. The van der Waals surface area contributed by atoms with E-state index in [1.165, 1.54) is 5.56 Å². The van der Waals surface area contributed by atoms with Gasteiger partial charge in [-0.15, -0.1) is 0 Å². The first-order valence-electron chi connectivity index (χ1n) is 7.28. The summed E-state index contributed by atoms with van der Waals surface area (Å²) in [7, 11) is 2.12. The van der Waals surface area contributed by atoms with Crippen molar-refractivity contribution in [3.63, 3.8) is 0 Å². The third kappa shape index (κ3) is 3.34. The molecule has 1 aromatic heterocycles. The molecule has 0 bridgehead atoms. The van der Waals surface area contributed by atoms with E-state index < -0.39 is 0 Å². The second-order valence-electron chi connectivity index (χ2n) is 5.58. The van der Waals surface area contributed by atoms with Gasteiger partial charge in [0.1, 0.15) is 0 Å². The Labute approximate surface area is 129 Å². The zero-order chi connectivity index (χ0) is 14.7. The second kappa shape index (κ2) is 6.41. The highest BCUT2D eigenvalue weighted by atomic mass is 32.1. The minimum absolute atomic E-state index is 0.163. The lowest BCUT2D eigenvalue weighted by Gasteiger charge is -2.40. The molecule has 2 aromatic rings. The fourth-order valence-corrected chi connectivity index (χ4v) is 3.52. The van der Waals surface area contributed by atoms with E-state index in [1.807, 2.05) is 34.5 Å². The number of piperazine rings is 1. The molecule has 1 amide bonds. The molecule has 1 atom stereocenters. The lowest BCUT2D eigenvalue weighted by molar-refractivity contribution is -0.135. The van der Waals surface area contributed by atoms with Crippen molar-refractivity contribution in [2.45, 2.75) is 12.5 Å². The number of thiophene rings is 1. The van der Waals surface area contributed by atoms with Gasteiger partial charge < -0.3 is 9.80 Å². The third-order valence-electron chi connectivity index (χ3n) is 4.02. The largest absolute Gasteiger partial charge is 0.333 e. The number of benzene rings is 1. The van der Waals surface area contributed by atoms with Gasteiger partial charge in [-0.05, 0) is 35.0 Å². The van der Waals surface area contributed by atoms with E-state index in [0.717, 1.165) is 25.2 Å². The molecule has 2 heterocycles. The summed E-state index contributed by atoms with van der Waals surface area (Å²) in [4.78, 5) is 17.0. The van der Waals surface area contributed by atoms with Crippen LogP contribution in [0.25, 0.3) is 0 Å². The summed E-state index contributed by atoms with van der Waals surface area (Å²) in [6.07, 6.45) is 0.510. The van der Waals surface area contributed by atoms with Crippen LogP contribution in [-0.2, 0) is 11.2 Å². The summed E-state index contributed by atoms with van der Waals surface area (Å²) >= 11 is 1.65. The van der Waals surface area contributed by atoms with Crippen molar-refractivity contribution in [2.75, 3.05) is 26.7 Å². The van der Waals surface area contributed by atoms with Crippen LogP contribution in [0.4, 0.5) is 0 Å². The summed E-state index contributed by atoms with van der Waals surface area (Å²) in [6.45, 7) is 2.65. The maximum absolute atomic E-state index is 12.7. The highest BCUT2D eigenvalue weighted by Crippen LogP contribution is 2.25. The zero-order valence-electron chi connectivity index (χ0n) is 12.2. The fourth-order valence-electron chi connectivity index (χ4n) is 2.85. The molecule has 1 fully saturated rings. The fraction of sp³-hybridized carbons (Fsp3) is 0.353. The van der Waals surface area contributed by atoms with Crippen LogP contribution in [0, 0.1) is 0 Å². The number of amides is 1. The SMILES string of the molecule is CN1CCN(C(=O)Cc2ccsc2)[C@@H](c2ccccc2)C1. The molecule has 1 aliphatic heterocycles. The van der Waals surface area contributed by atoms with Gasteiger partial charge in [0.2, 0.25) is 5.91 Å². The molecule has 0 aliphatic carbocycles. The van der Waals surface area contributed by atoms with E-state index in [1.54, 1.807) is 11.3 Å². The Morgan fingerprint density at radius 2 is 2.05 bits per heavy atom. The quantitative estimate of drug-likeness (QED) is 0.870. The molecule has 0 spiro atoms. The van der Waals surface area contributed by atoms with E-state index in [9.17, 15) is 4.79 Å². The normalized spacial score (nSPS) is 19.7. The Morgan fingerprint density at radius 3 is 2.76 bits per heavy atom. The van der Waals surface area contributed by atoms with Gasteiger partial charge in [0.25, 0.3) is 0 Å². The number of carbonyl (C=O) groups excluding carboxylic acids is 1. The van der Waals surface area contributed by atoms with Crippen molar-refractivity contribution in [3.05, 3.63) is 58.3 Å². The molecular formula is C17H20N2OS. The predicted octanol–water partition coefficient (Wildman–Crippen LogP) is 2.81. The third-order valence-corrected chi connectivity index (χ3v) is 4.76. The van der Waals surface area contributed by atoms with Gasteiger partial charge in [0, 0.05) is 19.6 Å². The predicted molar refractivity (Wildman–Crippen MR) is 86.4 cm³/mol. The smallest absolute Gasteiger partial charge is 0.227 e. The molecule has 3 rings (SSSR count). The standard InChI is InChI=1S/C17H20N2OS/c1-18-8-9-19(17(20)11-14-7-10-21-13-14)16(12-18)15-5-3-2-4-6-15/h2-7,10,13,16H,8-9,11-12H2,1H3/t16-/m1/s1. The van der Waals surface area contributed by atoms with Gasteiger partial charge in [0.15, 0.2) is 0 Å². The summed E-state index contributed by atoms with van der Waals surface area (Å²) in [5, 5.41) is 4.09. The van der Waals surface area contributed by atoms with Crippen LogP contribution in [-0.4, -0.2) is 42.4 Å². The summed E-state index contributed by atoms with van der Waals surface area (Å²) in [5.41, 5.74) is 2.35. The molecule has 0 radical (unpaired) electrons. The van der Waals surface area contributed by atoms with Crippen molar-refractivity contribution in [1.82, 2.24) is 9.80 Å². The molecule has 0 saturated carbocycles. The molecule has 21 heavy (non-hydrogen) atoms. The first kappa shape index (κ1) is 14.3. The minimum atomic E-state index is 0.163. The Hall–Kier alpha value is -1.65. The lowest BCUT2D eigenvalue weighted by atomic mass is 10.0. The number of carbonyl (C=O) groups is 1. The van der Waals surface area contributed by atoms with E-state index in [0.29, 0.717) is 6.42 Å². The maximum atomic E-state index is 12.7. The molecule has 0 unspecified atom stereocenters. The second-order valence-corrected chi connectivity index (χ2v) is 6.36.